The molecule has 0 aliphatic heterocycles. The van der Waals surface area contributed by atoms with Crippen LogP contribution in [0.1, 0.15) is 239 Å². The lowest BCUT2D eigenvalue weighted by Crippen LogP contribution is -2.30. The fourth-order valence-electron chi connectivity index (χ4n) is 7.01. The predicted molar refractivity (Wildman–Crippen MR) is 260 cm³/mol. The maximum Gasteiger partial charge on any atom is 0.306 e. The van der Waals surface area contributed by atoms with Gasteiger partial charge in [-0.05, 0) is 57.8 Å². The van der Waals surface area contributed by atoms with Gasteiger partial charge in [0.25, 0.3) is 0 Å². The average Bonchev–Trinajstić information content (AvgIpc) is 3.25. The van der Waals surface area contributed by atoms with Gasteiger partial charge in [-0.3, -0.25) is 9.59 Å². The van der Waals surface area contributed by atoms with Crippen LogP contribution in [0.2, 0.25) is 0 Å². The van der Waals surface area contributed by atoms with Gasteiger partial charge in [0, 0.05) is 19.4 Å². The highest BCUT2D eigenvalue weighted by Gasteiger charge is 2.17. The van der Waals surface area contributed by atoms with E-state index in [0.717, 1.165) is 70.6 Å². The quantitative estimate of drug-likeness (QED) is 0.0347. The summed E-state index contributed by atoms with van der Waals surface area (Å²) in [5.74, 6) is -0.495. The number of carbonyl (C=O) groups is 2. The third-order valence-corrected chi connectivity index (χ3v) is 10.8. The van der Waals surface area contributed by atoms with Gasteiger partial charge >= 0.3 is 11.9 Å². The smallest absolute Gasteiger partial charge is 0.306 e. The van der Waals surface area contributed by atoms with Crippen molar-refractivity contribution in [1.82, 2.24) is 0 Å². The van der Waals surface area contributed by atoms with Crippen LogP contribution in [0.25, 0.3) is 0 Å². The molecule has 0 N–H and O–H groups in total. The molecule has 0 saturated heterocycles. The number of allylic oxidation sites excluding steroid dienone is 12. The normalized spacial score (nSPS) is 12.8. The van der Waals surface area contributed by atoms with E-state index in [1.807, 2.05) is 6.08 Å². The van der Waals surface area contributed by atoms with E-state index in [2.05, 4.69) is 87.6 Å². The number of unbranched alkanes of at least 4 members (excludes halogenated alkanes) is 23. The van der Waals surface area contributed by atoms with E-state index in [1.165, 1.54) is 128 Å². The Kier molecular flexibility index (Phi) is 48.4. The summed E-state index contributed by atoms with van der Waals surface area (Å²) in [6.07, 6.45) is 65.1. The number of esters is 2. The Balaban J connectivity index is 4.21. The standard InChI is InChI=1S/C55H96O5/c1-4-7-10-13-16-18-20-22-24-26-28-29-31-33-35-37-40-42-45-48-54(56)59-52-53(60-55(57)49-46-43-39-15-12-9-6-3)51-58-50-47-44-41-38-36-34-32-30-27-25-23-21-19-17-14-11-8-5-2/h7,10,16,18,22,24,28-29,33,35,40,42,53H,4-6,8-9,11-15,17,19-21,23,25-27,30-32,34,36-39,41,43-52H2,1-3H3/b10-7-,18-16-,24-22-,29-28-,35-33-,42-40-. The van der Waals surface area contributed by atoms with E-state index in [1.54, 1.807) is 0 Å². The van der Waals surface area contributed by atoms with Gasteiger partial charge in [0.1, 0.15) is 6.61 Å². The lowest BCUT2D eigenvalue weighted by Gasteiger charge is -2.18. The van der Waals surface area contributed by atoms with Crippen molar-refractivity contribution in [3.63, 3.8) is 0 Å². The van der Waals surface area contributed by atoms with Crippen LogP contribution in [-0.2, 0) is 23.8 Å². The molecule has 0 heterocycles. The lowest BCUT2D eigenvalue weighted by atomic mass is 10.0. The first-order valence-electron chi connectivity index (χ1n) is 25.5. The Morgan fingerprint density at radius 2 is 0.750 bits per heavy atom. The van der Waals surface area contributed by atoms with Gasteiger partial charge < -0.3 is 14.2 Å². The minimum absolute atomic E-state index is 0.0461. The molecule has 0 aromatic heterocycles. The van der Waals surface area contributed by atoms with Gasteiger partial charge in [-0.2, -0.15) is 0 Å². The summed E-state index contributed by atoms with van der Waals surface area (Å²) < 4.78 is 17.3. The van der Waals surface area contributed by atoms with Gasteiger partial charge in [-0.15, -0.1) is 0 Å². The molecule has 0 fully saturated rings. The third kappa shape index (κ3) is 48.0. The molecule has 60 heavy (non-hydrogen) atoms. The molecule has 5 nitrogen and oxygen atoms in total. The van der Waals surface area contributed by atoms with Crippen LogP contribution >= 0.6 is 0 Å². The maximum absolute atomic E-state index is 12.7. The molecule has 346 valence electrons. The SMILES string of the molecule is CC/C=C\C/C=C\C/C=C\C/C=C\C/C=C\C/C=C\CCC(=O)OCC(COCCCCCCCCCCCCCCCCCCCC)OC(=O)CCCCCCCCC. The topological polar surface area (TPSA) is 61.8 Å². The average molecular weight is 837 g/mol. The molecule has 0 aromatic carbocycles. The fourth-order valence-corrected chi connectivity index (χ4v) is 7.01. The van der Waals surface area contributed by atoms with Crippen molar-refractivity contribution in [3.8, 4) is 0 Å². The molecule has 0 bridgehead atoms. The largest absolute Gasteiger partial charge is 0.462 e. The zero-order chi connectivity index (χ0) is 43.5. The molecule has 0 amide bonds. The Morgan fingerprint density at radius 1 is 0.383 bits per heavy atom. The van der Waals surface area contributed by atoms with Gasteiger partial charge in [-0.25, -0.2) is 0 Å². The Morgan fingerprint density at radius 3 is 1.17 bits per heavy atom. The molecule has 0 spiro atoms. The zero-order valence-corrected chi connectivity index (χ0v) is 39.7. The highest BCUT2D eigenvalue weighted by atomic mass is 16.6. The summed E-state index contributed by atoms with van der Waals surface area (Å²) in [5, 5.41) is 0. The fraction of sp³-hybridized carbons (Fsp3) is 0.745. The van der Waals surface area contributed by atoms with Gasteiger partial charge in [0.15, 0.2) is 6.10 Å². The van der Waals surface area contributed by atoms with Crippen LogP contribution in [-0.4, -0.2) is 37.9 Å². The van der Waals surface area contributed by atoms with Gasteiger partial charge in [0.2, 0.25) is 0 Å². The number of hydrogen-bond donors (Lipinski definition) is 0. The Hall–Kier alpha value is -2.66. The Labute approximate surface area is 372 Å². The Bertz CT molecular complexity index is 1080. The first-order valence-corrected chi connectivity index (χ1v) is 25.5. The maximum atomic E-state index is 12.7. The molecule has 5 heteroatoms. The molecular formula is C55H96O5. The van der Waals surface area contributed by atoms with Crippen molar-refractivity contribution >= 4 is 11.9 Å². The number of hydrogen-bond acceptors (Lipinski definition) is 5. The molecule has 1 atom stereocenters. The van der Waals surface area contributed by atoms with Gasteiger partial charge in [-0.1, -0.05) is 241 Å². The molecule has 0 rings (SSSR count). The monoisotopic (exact) mass is 837 g/mol. The van der Waals surface area contributed by atoms with Gasteiger partial charge in [0.05, 0.1) is 6.61 Å². The van der Waals surface area contributed by atoms with E-state index in [0.29, 0.717) is 25.9 Å². The number of ether oxygens (including phenoxy) is 3. The predicted octanol–water partition coefficient (Wildman–Crippen LogP) is 17.1. The van der Waals surface area contributed by atoms with E-state index in [9.17, 15) is 9.59 Å². The van der Waals surface area contributed by atoms with E-state index in [4.69, 9.17) is 14.2 Å². The molecule has 1 unspecified atom stereocenters. The molecule has 0 aromatic rings. The van der Waals surface area contributed by atoms with Crippen LogP contribution in [0, 0.1) is 0 Å². The third-order valence-electron chi connectivity index (χ3n) is 10.8. The molecule has 0 aliphatic rings. The van der Waals surface area contributed by atoms with E-state index >= 15 is 0 Å². The van der Waals surface area contributed by atoms with Crippen molar-refractivity contribution in [1.29, 1.82) is 0 Å². The second-order valence-electron chi connectivity index (χ2n) is 16.7. The van der Waals surface area contributed by atoms with Crippen LogP contribution in [0.5, 0.6) is 0 Å². The van der Waals surface area contributed by atoms with Crippen molar-refractivity contribution < 1.29 is 23.8 Å². The molecular weight excluding hydrogens is 741 g/mol. The van der Waals surface area contributed by atoms with Crippen LogP contribution in [0.3, 0.4) is 0 Å². The second-order valence-corrected chi connectivity index (χ2v) is 16.7. The van der Waals surface area contributed by atoms with Crippen LogP contribution in [0.4, 0.5) is 0 Å². The van der Waals surface area contributed by atoms with E-state index in [-0.39, 0.29) is 25.2 Å². The minimum atomic E-state index is -0.563. The van der Waals surface area contributed by atoms with Crippen molar-refractivity contribution in [3.05, 3.63) is 72.9 Å². The molecule has 0 aliphatic carbocycles. The minimum Gasteiger partial charge on any atom is -0.462 e. The van der Waals surface area contributed by atoms with Crippen molar-refractivity contribution in [2.24, 2.45) is 0 Å². The van der Waals surface area contributed by atoms with Crippen LogP contribution in [0.15, 0.2) is 72.9 Å². The molecule has 0 radical (unpaired) electrons. The highest BCUT2D eigenvalue weighted by Crippen LogP contribution is 2.15. The number of rotatable bonds is 46. The second kappa shape index (κ2) is 50.7. The molecule has 0 saturated carbocycles. The highest BCUT2D eigenvalue weighted by molar-refractivity contribution is 5.70. The first-order chi connectivity index (χ1) is 29.6. The summed E-state index contributed by atoms with van der Waals surface area (Å²) in [4.78, 5) is 25.2. The summed E-state index contributed by atoms with van der Waals surface area (Å²) in [6, 6.07) is 0. The summed E-state index contributed by atoms with van der Waals surface area (Å²) in [6.45, 7) is 7.62. The summed E-state index contributed by atoms with van der Waals surface area (Å²) >= 11 is 0. The van der Waals surface area contributed by atoms with Crippen molar-refractivity contribution in [2.45, 2.75) is 245 Å². The lowest BCUT2D eigenvalue weighted by molar-refractivity contribution is -0.162. The number of carbonyl (C=O) groups excluding carboxylic acids is 2. The van der Waals surface area contributed by atoms with E-state index < -0.39 is 6.10 Å². The van der Waals surface area contributed by atoms with Crippen LogP contribution < -0.4 is 0 Å². The summed E-state index contributed by atoms with van der Waals surface area (Å²) in [7, 11) is 0. The summed E-state index contributed by atoms with van der Waals surface area (Å²) in [5.41, 5.74) is 0. The zero-order valence-electron chi connectivity index (χ0n) is 39.7. The first kappa shape index (κ1) is 57.3. The van der Waals surface area contributed by atoms with Crippen molar-refractivity contribution in [2.75, 3.05) is 19.8 Å².